The lowest BCUT2D eigenvalue weighted by Crippen LogP contribution is -2.40. The highest BCUT2D eigenvalue weighted by molar-refractivity contribution is 7.92. The summed E-state index contributed by atoms with van der Waals surface area (Å²) in [5, 5.41) is 3.04. The van der Waals surface area contributed by atoms with E-state index in [1.165, 1.54) is 52.8 Å². The van der Waals surface area contributed by atoms with Crippen LogP contribution >= 0.6 is 11.6 Å². The van der Waals surface area contributed by atoms with Gasteiger partial charge in [0.15, 0.2) is 0 Å². The van der Waals surface area contributed by atoms with Gasteiger partial charge in [-0.3, -0.25) is 9.10 Å². The molecule has 1 aliphatic heterocycles. The van der Waals surface area contributed by atoms with Crippen LogP contribution in [0.15, 0.2) is 82.6 Å². The summed E-state index contributed by atoms with van der Waals surface area (Å²) in [5.74, 6) is -0.595. The topological polar surface area (TPSA) is 113 Å². The maximum absolute atomic E-state index is 13.5. The second-order valence-corrected chi connectivity index (χ2v) is 12.6. The summed E-state index contributed by atoms with van der Waals surface area (Å²) < 4.78 is 60.2. The number of halogens is 1. The molecule has 0 radical (unpaired) electrons. The zero-order valence-corrected chi connectivity index (χ0v) is 22.4. The predicted molar refractivity (Wildman–Crippen MR) is 142 cm³/mol. The molecule has 12 heteroatoms. The summed E-state index contributed by atoms with van der Waals surface area (Å²) in [4.78, 5) is 13.0. The SMILES string of the molecule is Cc1cccc(N(CC(=O)Nc2ccc(S(=O)(=O)N3CCOCC3)cc2)S(=O)(=O)c2ccc(Cl)cc2)c1. The number of anilines is 2. The van der Waals surface area contributed by atoms with E-state index in [0.29, 0.717) is 29.6 Å². The Morgan fingerprint density at radius 3 is 2.19 bits per heavy atom. The van der Waals surface area contributed by atoms with Gasteiger partial charge in [-0.05, 0) is 73.2 Å². The number of amides is 1. The number of benzene rings is 3. The van der Waals surface area contributed by atoms with Crippen LogP contribution in [0.4, 0.5) is 11.4 Å². The Kier molecular flexibility index (Phi) is 8.20. The van der Waals surface area contributed by atoms with Gasteiger partial charge in [-0.1, -0.05) is 23.7 Å². The van der Waals surface area contributed by atoms with Crippen molar-refractivity contribution in [1.82, 2.24) is 4.31 Å². The summed E-state index contributed by atoms with van der Waals surface area (Å²) in [6.45, 7) is 2.55. The molecule has 0 bridgehead atoms. The number of hydrogen-bond donors (Lipinski definition) is 1. The molecule has 0 saturated carbocycles. The number of sulfonamides is 2. The molecular weight excluding hydrogens is 538 g/mol. The van der Waals surface area contributed by atoms with Gasteiger partial charge in [0.1, 0.15) is 6.54 Å². The first kappa shape index (κ1) is 27.1. The van der Waals surface area contributed by atoms with E-state index in [9.17, 15) is 21.6 Å². The van der Waals surface area contributed by atoms with Crippen LogP contribution < -0.4 is 9.62 Å². The molecule has 0 atom stereocenters. The molecule has 1 aliphatic rings. The first-order valence-corrected chi connectivity index (χ1v) is 14.7. The average molecular weight is 564 g/mol. The number of carbonyl (C=O) groups is 1. The first-order chi connectivity index (χ1) is 17.6. The maximum atomic E-state index is 13.5. The second-order valence-electron chi connectivity index (χ2n) is 8.39. The molecule has 196 valence electrons. The summed E-state index contributed by atoms with van der Waals surface area (Å²) in [6.07, 6.45) is 0. The van der Waals surface area contributed by atoms with Crippen LogP contribution in [0.2, 0.25) is 5.02 Å². The molecule has 0 aliphatic carbocycles. The fourth-order valence-corrected chi connectivity index (χ4v) is 6.76. The molecule has 4 rings (SSSR count). The fraction of sp³-hybridized carbons (Fsp3) is 0.240. The van der Waals surface area contributed by atoms with Gasteiger partial charge in [0.05, 0.1) is 28.7 Å². The Morgan fingerprint density at radius 2 is 1.57 bits per heavy atom. The van der Waals surface area contributed by atoms with Gasteiger partial charge < -0.3 is 10.1 Å². The quantitative estimate of drug-likeness (QED) is 0.449. The summed E-state index contributed by atoms with van der Waals surface area (Å²) in [6, 6.07) is 18.3. The zero-order valence-electron chi connectivity index (χ0n) is 20.0. The molecule has 1 heterocycles. The lowest BCUT2D eigenvalue weighted by molar-refractivity contribution is -0.114. The fourth-order valence-electron chi connectivity index (χ4n) is 3.81. The number of morpholine rings is 1. The molecule has 0 spiro atoms. The van der Waals surface area contributed by atoms with Crippen molar-refractivity contribution in [2.24, 2.45) is 0 Å². The number of nitrogens with zero attached hydrogens (tertiary/aromatic N) is 2. The Balaban J connectivity index is 1.54. The average Bonchev–Trinajstić information content (AvgIpc) is 2.88. The standard InChI is InChI=1S/C25H26ClN3O6S2/c1-19-3-2-4-22(17-19)29(37(33,34)24-9-5-20(26)6-10-24)18-25(30)27-21-7-11-23(12-8-21)36(31,32)28-13-15-35-16-14-28/h2-12,17H,13-16,18H2,1H3,(H,27,30). The van der Waals surface area contributed by atoms with Gasteiger partial charge in [0.25, 0.3) is 10.0 Å². The first-order valence-electron chi connectivity index (χ1n) is 11.4. The maximum Gasteiger partial charge on any atom is 0.264 e. The third-order valence-electron chi connectivity index (χ3n) is 5.72. The molecule has 9 nitrogen and oxygen atoms in total. The van der Waals surface area contributed by atoms with Crippen molar-refractivity contribution < 1.29 is 26.4 Å². The van der Waals surface area contributed by atoms with E-state index in [2.05, 4.69) is 5.32 Å². The van der Waals surface area contributed by atoms with Crippen molar-refractivity contribution in [3.05, 3.63) is 83.4 Å². The lowest BCUT2D eigenvalue weighted by Gasteiger charge is -2.26. The molecule has 1 N–H and O–H groups in total. The van der Waals surface area contributed by atoms with E-state index >= 15 is 0 Å². The molecule has 1 fully saturated rings. The van der Waals surface area contributed by atoms with Gasteiger partial charge in [-0.25, -0.2) is 16.8 Å². The molecule has 0 aromatic heterocycles. The Labute approximate surface area is 221 Å². The van der Waals surface area contributed by atoms with Gasteiger partial charge >= 0.3 is 0 Å². The van der Waals surface area contributed by atoms with Crippen LogP contribution in [-0.2, 0) is 29.6 Å². The molecule has 3 aromatic carbocycles. The summed E-state index contributed by atoms with van der Waals surface area (Å²) in [7, 11) is -7.77. The van der Waals surface area contributed by atoms with Gasteiger partial charge in [-0.15, -0.1) is 0 Å². The number of ether oxygens (including phenoxy) is 1. The Bertz CT molecular complexity index is 1470. The van der Waals surface area contributed by atoms with Crippen molar-refractivity contribution in [1.29, 1.82) is 0 Å². The van der Waals surface area contributed by atoms with Crippen molar-refractivity contribution in [3.63, 3.8) is 0 Å². The molecule has 3 aromatic rings. The minimum Gasteiger partial charge on any atom is -0.379 e. The normalized spacial score (nSPS) is 14.8. The van der Waals surface area contributed by atoms with E-state index in [1.807, 2.05) is 13.0 Å². The zero-order chi connectivity index (χ0) is 26.6. The van der Waals surface area contributed by atoms with Crippen molar-refractivity contribution in [2.75, 3.05) is 42.5 Å². The third-order valence-corrected chi connectivity index (χ3v) is 9.68. The number of carbonyl (C=O) groups excluding carboxylic acids is 1. The van der Waals surface area contributed by atoms with Crippen LogP contribution in [-0.4, -0.2) is 59.9 Å². The Morgan fingerprint density at radius 1 is 0.946 bits per heavy atom. The summed E-state index contributed by atoms with van der Waals surface area (Å²) in [5.41, 5.74) is 1.49. The van der Waals surface area contributed by atoms with Crippen LogP contribution in [0.3, 0.4) is 0 Å². The predicted octanol–water partition coefficient (Wildman–Crippen LogP) is 3.50. The van der Waals surface area contributed by atoms with E-state index in [1.54, 1.807) is 18.2 Å². The number of aryl methyl sites for hydroxylation is 1. The van der Waals surface area contributed by atoms with E-state index in [-0.39, 0.29) is 22.9 Å². The van der Waals surface area contributed by atoms with Crippen molar-refractivity contribution in [2.45, 2.75) is 16.7 Å². The highest BCUT2D eigenvalue weighted by Gasteiger charge is 2.28. The third kappa shape index (κ3) is 6.31. The van der Waals surface area contributed by atoms with Gasteiger partial charge in [-0.2, -0.15) is 4.31 Å². The Hall–Kier alpha value is -2.96. The van der Waals surface area contributed by atoms with Crippen molar-refractivity contribution >= 4 is 48.9 Å². The van der Waals surface area contributed by atoms with E-state index in [0.717, 1.165) is 9.87 Å². The number of nitrogens with one attached hydrogen (secondary N) is 1. The largest absolute Gasteiger partial charge is 0.379 e. The molecule has 1 amide bonds. The highest BCUT2D eigenvalue weighted by atomic mass is 35.5. The molecular formula is C25H26ClN3O6S2. The minimum atomic E-state index is -4.09. The van der Waals surface area contributed by atoms with Crippen LogP contribution in [0.1, 0.15) is 5.56 Å². The number of hydrogen-bond acceptors (Lipinski definition) is 6. The van der Waals surface area contributed by atoms with Gasteiger partial charge in [0, 0.05) is 23.8 Å². The van der Waals surface area contributed by atoms with Crippen LogP contribution in [0.5, 0.6) is 0 Å². The highest BCUT2D eigenvalue weighted by Crippen LogP contribution is 2.26. The smallest absolute Gasteiger partial charge is 0.264 e. The molecule has 1 saturated heterocycles. The lowest BCUT2D eigenvalue weighted by atomic mass is 10.2. The van der Waals surface area contributed by atoms with E-state index < -0.39 is 32.5 Å². The van der Waals surface area contributed by atoms with Crippen LogP contribution in [0.25, 0.3) is 0 Å². The second kappa shape index (κ2) is 11.2. The molecule has 37 heavy (non-hydrogen) atoms. The van der Waals surface area contributed by atoms with E-state index in [4.69, 9.17) is 16.3 Å². The monoisotopic (exact) mass is 563 g/mol. The van der Waals surface area contributed by atoms with Crippen LogP contribution in [0, 0.1) is 6.92 Å². The van der Waals surface area contributed by atoms with Crippen molar-refractivity contribution in [3.8, 4) is 0 Å². The minimum absolute atomic E-state index is 0.0103. The van der Waals surface area contributed by atoms with Gasteiger partial charge in [0.2, 0.25) is 15.9 Å². The number of rotatable bonds is 8. The summed E-state index contributed by atoms with van der Waals surface area (Å²) >= 11 is 5.92. The molecule has 0 unspecified atom stereocenters.